The molecule has 7 heteroatoms. The molecule has 2 aromatic heterocycles. The number of esters is 1. The van der Waals surface area contributed by atoms with Crippen molar-refractivity contribution in [3.05, 3.63) is 78.3 Å². The molecule has 0 aliphatic heterocycles. The van der Waals surface area contributed by atoms with Crippen molar-refractivity contribution in [2.75, 3.05) is 13.2 Å². The second kappa shape index (κ2) is 11.4. The molecule has 0 saturated carbocycles. The van der Waals surface area contributed by atoms with Gasteiger partial charge in [-0.15, -0.1) is 0 Å². The van der Waals surface area contributed by atoms with E-state index in [1.807, 2.05) is 60.3 Å². The van der Waals surface area contributed by atoms with Crippen LogP contribution in [0.1, 0.15) is 30.9 Å². The van der Waals surface area contributed by atoms with Crippen molar-refractivity contribution in [2.24, 2.45) is 0 Å². The smallest absolute Gasteiger partial charge is 0.331 e. The van der Waals surface area contributed by atoms with Crippen LogP contribution < -0.4 is 5.32 Å². The zero-order valence-corrected chi connectivity index (χ0v) is 17.5. The third kappa shape index (κ3) is 6.92. The number of unbranched alkanes of at least 4 members (excludes halogenated alkanes) is 1. The molecular weight excluding hydrogens is 392 g/mol. The van der Waals surface area contributed by atoms with E-state index in [9.17, 15) is 9.59 Å². The predicted molar refractivity (Wildman–Crippen MR) is 119 cm³/mol. The number of aromatic nitrogens is 3. The van der Waals surface area contributed by atoms with Crippen molar-refractivity contribution >= 4 is 18.0 Å². The van der Waals surface area contributed by atoms with Crippen LogP contribution in [-0.4, -0.2) is 39.8 Å². The molecule has 1 N–H and O–H groups in total. The van der Waals surface area contributed by atoms with E-state index in [2.05, 4.69) is 15.4 Å². The van der Waals surface area contributed by atoms with E-state index in [-0.39, 0.29) is 12.5 Å². The number of amides is 1. The van der Waals surface area contributed by atoms with Crippen molar-refractivity contribution < 1.29 is 14.3 Å². The molecule has 3 aromatic rings. The molecule has 0 unspecified atom stereocenters. The lowest BCUT2D eigenvalue weighted by molar-refractivity contribution is -0.143. The van der Waals surface area contributed by atoms with Gasteiger partial charge < -0.3 is 10.1 Å². The standard InChI is InChI=1S/C24H26N4O3/c1-2-3-14-26-22(29)18-31-23(30)12-11-21-17-28(16-19-8-5-4-6-9-19)27-24(21)20-10-7-13-25-15-20/h4-13,15,17H,2-3,14,16,18H2,1H3,(H,26,29)/b12-11+. The van der Waals surface area contributed by atoms with Crippen molar-refractivity contribution in [1.82, 2.24) is 20.1 Å². The number of carbonyl (C=O) groups is 2. The molecule has 0 aliphatic carbocycles. The number of hydrogen-bond donors (Lipinski definition) is 1. The zero-order chi connectivity index (χ0) is 21.9. The van der Waals surface area contributed by atoms with Gasteiger partial charge in [-0.3, -0.25) is 14.5 Å². The van der Waals surface area contributed by atoms with Crippen LogP contribution in [0.4, 0.5) is 0 Å². The van der Waals surface area contributed by atoms with Crippen LogP contribution in [0.25, 0.3) is 17.3 Å². The first kappa shape index (κ1) is 22.0. The Balaban J connectivity index is 1.70. The average molecular weight is 418 g/mol. The average Bonchev–Trinajstić information content (AvgIpc) is 3.20. The number of carbonyl (C=O) groups excluding carboxylic acids is 2. The van der Waals surface area contributed by atoms with E-state index in [4.69, 9.17) is 4.74 Å². The summed E-state index contributed by atoms with van der Waals surface area (Å²) < 4.78 is 6.85. The molecule has 0 radical (unpaired) electrons. The van der Waals surface area contributed by atoms with Gasteiger partial charge in [-0.1, -0.05) is 43.7 Å². The predicted octanol–water partition coefficient (Wildman–Crippen LogP) is 3.47. The number of rotatable bonds is 10. The minimum atomic E-state index is -0.585. The van der Waals surface area contributed by atoms with E-state index in [1.54, 1.807) is 18.5 Å². The fraction of sp³-hybridized carbons (Fsp3) is 0.250. The lowest BCUT2D eigenvalue weighted by Crippen LogP contribution is -2.29. The first-order valence-corrected chi connectivity index (χ1v) is 10.3. The quantitative estimate of drug-likeness (QED) is 0.310. The van der Waals surface area contributed by atoms with Crippen LogP contribution >= 0.6 is 0 Å². The fourth-order valence-corrected chi connectivity index (χ4v) is 2.94. The van der Waals surface area contributed by atoms with E-state index in [1.165, 1.54) is 6.08 Å². The van der Waals surface area contributed by atoms with E-state index in [0.29, 0.717) is 18.8 Å². The molecule has 2 heterocycles. The van der Waals surface area contributed by atoms with Crippen molar-refractivity contribution in [2.45, 2.75) is 26.3 Å². The van der Waals surface area contributed by atoms with Gasteiger partial charge in [-0.05, 0) is 30.2 Å². The molecule has 0 atom stereocenters. The summed E-state index contributed by atoms with van der Waals surface area (Å²) in [6.07, 6.45) is 10.1. The summed E-state index contributed by atoms with van der Waals surface area (Å²) in [6.45, 7) is 2.93. The highest BCUT2D eigenvalue weighted by Gasteiger charge is 2.11. The van der Waals surface area contributed by atoms with Gasteiger partial charge in [-0.25, -0.2) is 4.79 Å². The van der Waals surface area contributed by atoms with Gasteiger partial charge in [0.05, 0.1) is 6.54 Å². The van der Waals surface area contributed by atoms with Crippen molar-refractivity contribution in [3.63, 3.8) is 0 Å². The Labute approximate surface area is 181 Å². The summed E-state index contributed by atoms with van der Waals surface area (Å²) >= 11 is 0. The molecule has 0 spiro atoms. The molecule has 0 saturated heterocycles. The highest BCUT2D eigenvalue weighted by molar-refractivity contribution is 5.90. The molecule has 1 aromatic carbocycles. The van der Waals surface area contributed by atoms with Gasteiger partial charge in [0.25, 0.3) is 5.91 Å². The normalized spacial score (nSPS) is 10.9. The number of pyridine rings is 1. The number of hydrogen-bond acceptors (Lipinski definition) is 5. The fourth-order valence-electron chi connectivity index (χ4n) is 2.94. The summed E-state index contributed by atoms with van der Waals surface area (Å²) in [7, 11) is 0. The van der Waals surface area contributed by atoms with Crippen molar-refractivity contribution in [3.8, 4) is 11.3 Å². The Hall–Kier alpha value is -3.74. The topological polar surface area (TPSA) is 86.1 Å². The van der Waals surface area contributed by atoms with Crippen LogP contribution in [-0.2, 0) is 20.9 Å². The summed E-state index contributed by atoms with van der Waals surface area (Å²) in [5.74, 6) is -0.888. The van der Waals surface area contributed by atoms with Gasteiger partial charge in [0.1, 0.15) is 5.69 Å². The zero-order valence-electron chi connectivity index (χ0n) is 17.5. The second-order valence-electron chi connectivity index (χ2n) is 7.00. The molecule has 31 heavy (non-hydrogen) atoms. The lowest BCUT2D eigenvalue weighted by atomic mass is 10.1. The Morgan fingerprint density at radius 2 is 2.00 bits per heavy atom. The molecule has 7 nitrogen and oxygen atoms in total. The minimum absolute atomic E-state index is 0.296. The number of nitrogens with zero attached hydrogens (tertiary/aromatic N) is 3. The maximum absolute atomic E-state index is 12.1. The first-order chi connectivity index (χ1) is 15.2. The SMILES string of the molecule is CCCCNC(=O)COC(=O)/C=C/c1cn(Cc2ccccc2)nc1-c1cccnc1. The molecule has 0 fully saturated rings. The maximum Gasteiger partial charge on any atom is 0.331 e. The minimum Gasteiger partial charge on any atom is -0.452 e. The summed E-state index contributed by atoms with van der Waals surface area (Å²) in [4.78, 5) is 27.9. The second-order valence-corrected chi connectivity index (χ2v) is 7.00. The summed E-state index contributed by atoms with van der Waals surface area (Å²) in [5.41, 5.74) is 3.43. The molecule has 1 amide bonds. The molecule has 0 bridgehead atoms. The largest absolute Gasteiger partial charge is 0.452 e. The van der Waals surface area contributed by atoms with Crippen LogP contribution in [0, 0.1) is 0 Å². The van der Waals surface area contributed by atoms with Gasteiger partial charge >= 0.3 is 5.97 Å². The molecule has 0 aliphatic rings. The van der Waals surface area contributed by atoms with Crippen LogP contribution in [0.5, 0.6) is 0 Å². The van der Waals surface area contributed by atoms with Crippen molar-refractivity contribution in [1.29, 1.82) is 0 Å². The number of ether oxygens (including phenoxy) is 1. The van der Waals surface area contributed by atoms with E-state index in [0.717, 1.165) is 29.5 Å². The maximum atomic E-state index is 12.1. The Bertz CT molecular complexity index is 1010. The van der Waals surface area contributed by atoms with Crippen LogP contribution in [0.2, 0.25) is 0 Å². The van der Waals surface area contributed by atoms with E-state index < -0.39 is 5.97 Å². The monoisotopic (exact) mass is 418 g/mol. The molecule has 160 valence electrons. The van der Waals surface area contributed by atoms with Gasteiger partial charge in [-0.2, -0.15) is 5.10 Å². The van der Waals surface area contributed by atoms with Crippen LogP contribution in [0.15, 0.2) is 67.1 Å². The molecular formula is C24H26N4O3. The summed E-state index contributed by atoms with van der Waals surface area (Å²) in [5, 5.41) is 7.39. The van der Waals surface area contributed by atoms with Gasteiger partial charge in [0.15, 0.2) is 6.61 Å². The van der Waals surface area contributed by atoms with Crippen LogP contribution in [0.3, 0.4) is 0 Å². The molecule has 3 rings (SSSR count). The lowest BCUT2D eigenvalue weighted by Gasteiger charge is -2.04. The van der Waals surface area contributed by atoms with E-state index >= 15 is 0 Å². The van der Waals surface area contributed by atoms with Gasteiger partial charge in [0.2, 0.25) is 0 Å². The Morgan fingerprint density at radius 3 is 2.74 bits per heavy atom. The number of benzene rings is 1. The third-order valence-electron chi connectivity index (χ3n) is 4.51. The third-order valence-corrected chi connectivity index (χ3v) is 4.51. The highest BCUT2D eigenvalue weighted by atomic mass is 16.5. The Morgan fingerprint density at radius 1 is 1.16 bits per heavy atom. The number of nitrogens with one attached hydrogen (secondary N) is 1. The highest BCUT2D eigenvalue weighted by Crippen LogP contribution is 2.23. The Kier molecular flexibility index (Phi) is 8.11. The van der Waals surface area contributed by atoms with Gasteiger partial charge in [0, 0.05) is 42.3 Å². The summed E-state index contributed by atoms with van der Waals surface area (Å²) in [6, 6.07) is 13.8. The first-order valence-electron chi connectivity index (χ1n) is 10.3.